The molecule has 0 bridgehead atoms. The van der Waals surface area contributed by atoms with Crippen molar-refractivity contribution in [3.63, 3.8) is 0 Å². The van der Waals surface area contributed by atoms with Gasteiger partial charge in [-0.1, -0.05) is 15.9 Å². The van der Waals surface area contributed by atoms with E-state index in [0.29, 0.717) is 6.07 Å². The smallest absolute Gasteiger partial charge is 0.229 e. The Labute approximate surface area is 87.0 Å². The summed E-state index contributed by atoms with van der Waals surface area (Å²) >= 11 is 2.81. The molecule has 0 radical (unpaired) electrons. The van der Waals surface area contributed by atoms with Crippen LogP contribution in [0.5, 0.6) is 0 Å². The molecule has 1 rings (SSSR count). The minimum atomic E-state index is -1.14. The Bertz CT molecular complexity index is 390. The molecule has 74 valence electrons. The average molecular weight is 263 g/mol. The zero-order valence-corrected chi connectivity index (χ0v) is 8.48. The third-order valence-electron chi connectivity index (χ3n) is 1.56. The molecule has 0 aliphatic heterocycles. The topological polar surface area (TPSA) is 34.1 Å². The number of rotatable bonds is 3. The molecule has 0 saturated heterocycles. The van der Waals surface area contributed by atoms with Gasteiger partial charge >= 0.3 is 0 Å². The predicted molar refractivity (Wildman–Crippen MR) is 49.5 cm³/mol. The molecule has 0 aliphatic carbocycles. The van der Waals surface area contributed by atoms with Gasteiger partial charge < -0.3 is 0 Å². The first-order valence-electron chi connectivity index (χ1n) is 3.65. The molecule has 0 unspecified atom stereocenters. The van der Waals surface area contributed by atoms with E-state index in [4.69, 9.17) is 0 Å². The summed E-state index contributed by atoms with van der Waals surface area (Å²) in [6, 6.07) is 2.59. The highest BCUT2D eigenvalue weighted by atomic mass is 79.9. The maximum absolute atomic E-state index is 12.7. The number of hydrogen-bond donors (Lipinski definition) is 0. The van der Waals surface area contributed by atoms with Gasteiger partial charge in [0.15, 0.2) is 11.6 Å². The number of Topliss-reactive ketones (excluding diaryl/α,β-unsaturated/α-hetero) is 2. The van der Waals surface area contributed by atoms with E-state index in [1.54, 1.807) is 0 Å². The molecule has 1 aromatic carbocycles. The number of alkyl halides is 1. The maximum Gasteiger partial charge on any atom is 0.229 e. The van der Waals surface area contributed by atoms with Gasteiger partial charge in [-0.25, -0.2) is 8.78 Å². The maximum atomic E-state index is 12.7. The molecule has 0 fully saturated rings. The lowest BCUT2D eigenvalue weighted by Crippen LogP contribution is -2.15. The zero-order chi connectivity index (χ0) is 10.7. The van der Waals surface area contributed by atoms with Gasteiger partial charge in [0.2, 0.25) is 11.6 Å². The number of carbonyl (C=O) groups excluding carboxylic acids is 2. The number of hydrogen-bond acceptors (Lipinski definition) is 2. The molecule has 0 aromatic heterocycles. The second-order valence-corrected chi connectivity index (χ2v) is 3.08. The lowest BCUT2D eigenvalue weighted by atomic mass is 10.1. The summed E-state index contributed by atoms with van der Waals surface area (Å²) in [5, 5.41) is -0.134. The number of halogens is 3. The van der Waals surface area contributed by atoms with Crippen molar-refractivity contribution >= 4 is 27.5 Å². The monoisotopic (exact) mass is 262 g/mol. The third-order valence-corrected chi connectivity index (χ3v) is 2.07. The normalized spacial score (nSPS) is 9.93. The summed E-state index contributed by atoms with van der Waals surface area (Å²) in [4.78, 5) is 22.1. The molecule has 0 N–H and O–H groups in total. The summed E-state index contributed by atoms with van der Waals surface area (Å²) in [6.07, 6.45) is 0. The van der Waals surface area contributed by atoms with E-state index in [0.717, 1.165) is 12.1 Å². The van der Waals surface area contributed by atoms with Gasteiger partial charge in [0, 0.05) is 5.56 Å². The van der Waals surface area contributed by atoms with Crippen molar-refractivity contribution in [3.05, 3.63) is 35.4 Å². The van der Waals surface area contributed by atoms with E-state index >= 15 is 0 Å². The second-order valence-electron chi connectivity index (χ2n) is 2.51. The van der Waals surface area contributed by atoms with Gasteiger partial charge in [-0.15, -0.1) is 0 Å². The van der Waals surface area contributed by atoms with Crippen molar-refractivity contribution in [3.8, 4) is 0 Å². The largest absolute Gasteiger partial charge is 0.290 e. The Morgan fingerprint density at radius 3 is 2.36 bits per heavy atom. The van der Waals surface area contributed by atoms with Crippen LogP contribution in [0.2, 0.25) is 0 Å². The molecule has 0 heterocycles. The van der Waals surface area contributed by atoms with Crippen LogP contribution in [0.15, 0.2) is 18.2 Å². The highest BCUT2D eigenvalue weighted by Crippen LogP contribution is 2.09. The van der Waals surface area contributed by atoms with Gasteiger partial charge in [-0.2, -0.15) is 0 Å². The molecule has 0 atom stereocenters. The number of carbonyl (C=O) groups is 2. The van der Waals surface area contributed by atoms with Crippen LogP contribution in [-0.4, -0.2) is 16.9 Å². The fourth-order valence-corrected chi connectivity index (χ4v) is 1.11. The van der Waals surface area contributed by atoms with Crippen LogP contribution in [0.3, 0.4) is 0 Å². The average Bonchev–Trinajstić information content (AvgIpc) is 2.20. The summed E-state index contributed by atoms with van der Waals surface area (Å²) in [5.41, 5.74) is -0.145. The molecule has 0 amide bonds. The van der Waals surface area contributed by atoms with Crippen molar-refractivity contribution in [1.29, 1.82) is 0 Å². The molecular weight excluding hydrogens is 258 g/mol. The highest BCUT2D eigenvalue weighted by Gasteiger charge is 2.16. The Kier molecular flexibility index (Phi) is 3.46. The predicted octanol–water partition coefficient (Wildman–Crippen LogP) is 2.11. The van der Waals surface area contributed by atoms with E-state index in [9.17, 15) is 18.4 Å². The molecule has 0 aliphatic rings. The van der Waals surface area contributed by atoms with Crippen LogP contribution in [0.4, 0.5) is 8.78 Å². The quantitative estimate of drug-likeness (QED) is 0.475. The minimum absolute atomic E-state index is 0.134. The van der Waals surface area contributed by atoms with Crippen molar-refractivity contribution in [2.24, 2.45) is 0 Å². The Morgan fingerprint density at radius 2 is 1.86 bits per heavy atom. The van der Waals surface area contributed by atoms with Gasteiger partial charge in [0.25, 0.3) is 0 Å². The second kappa shape index (κ2) is 4.41. The zero-order valence-electron chi connectivity index (χ0n) is 6.89. The number of ketones is 2. The van der Waals surface area contributed by atoms with Crippen molar-refractivity contribution in [2.75, 3.05) is 5.33 Å². The van der Waals surface area contributed by atoms with Crippen LogP contribution >= 0.6 is 15.9 Å². The fraction of sp³-hybridized carbons (Fsp3) is 0.111. The standard InChI is InChI=1S/C9H5BrF2O2/c10-4-8(13)9(14)5-1-2-6(11)7(12)3-5/h1-3H,4H2. The Morgan fingerprint density at radius 1 is 1.21 bits per heavy atom. The van der Waals surface area contributed by atoms with E-state index < -0.39 is 23.2 Å². The summed E-state index contributed by atoms with van der Waals surface area (Å²) < 4.78 is 25.1. The molecule has 14 heavy (non-hydrogen) atoms. The van der Waals surface area contributed by atoms with Gasteiger partial charge in [-0.05, 0) is 18.2 Å². The van der Waals surface area contributed by atoms with Crippen LogP contribution in [0, 0.1) is 11.6 Å². The molecule has 5 heteroatoms. The van der Waals surface area contributed by atoms with E-state index in [2.05, 4.69) is 15.9 Å². The molecule has 2 nitrogen and oxygen atoms in total. The Hall–Kier alpha value is -1.10. The molecular formula is C9H5BrF2O2. The summed E-state index contributed by atoms with van der Waals surface area (Å²) in [7, 11) is 0. The highest BCUT2D eigenvalue weighted by molar-refractivity contribution is 9.09. The lowest BCUT2D eigenvalue weighted by molar-refractivity contribution is -0.112. The molecule has 1 aromatic rings. The van der Waals surface area contributed by atoms with E-state index in [1.807, 2.05) is 0 Å². The van der Waals surface area contributed by atoms with Crippen molar-refractivity contribution in [1.82, 2.24) is 0 Å². The van der Waals surface area contributed by atoms with Crippen molar-refractivity contribution < 1.29 is 18.4 Å². The fourth-order valence-electron chi connectivity index (χ4n) is 0.859. The van der Waals surface area contributed by atoms with Crippen molar-refractivity contribution in [2.45, 2.75) is 0 Å². The first-order valence-corrected chi connectivity index (χ1v) is 4.77. The number of benzene rings is 1. The Balaban J connectivity index is 3.03. The van der Waals surface area contributed by atoms with Gasteiger partial charge in [-0.3, -0.25) is 9.59 Å². The van der Waals surface area contributed by atoms with Crippen LogP contribution in [0.25, 0.3) is 0 Å². The minimum Gasteiger partial charge on any atom is -0.290 e. The van der Waals surface area contributed by atoms with Gasteiger partial charge in [0.05, 0.1) is 5.33 Å². The van der Waals surface area contributed by atoms with Crippen LogP contribution in [0.1, 0.15) is 10.4 Å². The lowest BCUT2D eigenvalue weighted by Gasteiger charge is -1.98. The van der Waals surface area contributed by atoms with E-state index in [-0.39, 0.29) is 10.9 Å². The van der Waals surface area contributed by atoms with Gasteiger partial charge in [0.1, 0.15) is 0 Å². The first-order chi connectivity index (χ1) is 6.56. The molecule has 0 saturated carbocycles. The van der Waals surface area contributed by atoms with Crippen LogP contribution in [-0.2, 0) is 4.79 Å². The third kappa shape index (κ3) is 2.23. The summed E-state index contributed by atoms with van der Waals surface area (Å²) in [6.45, 7) is 0. The first kappa shape index (κ1) is 11.0. The SMILES string of the molecule is O=C(CBr)C(=O)c1ccc(F)c(F)c1. The van der Waals surface area contributed by atoms with E-state index in [1.165, 1.54) is 0 Å². The molecule has 0 spiro atoms. The van der Waals surface area contributed by atoms with Crippen LogP contribution < -0.4 is 0 Å². The summed E-state index contributed by atoms with van der Waals surface area (Å²) in [5.74, 6) is -3.72.